The van der Waals surface area contributed by atoms with E-state index in [2.05, 4.69) is 10.2 Å². The van der Waals surface area contributed by atoms with Gasteiger partial charge in [0.15, 0.2) is 4.34 Å². The first-order chi connectivity index (χ1) is 20.4. The molecule has 0 saturated carbocycles. The number of thioether (sulfide) groups is 1. The largest absolute Gasteiger partial charge is 0.507 e. The Bertz CT molecular complexity index is 1620. The molecule has 1 N–H and O–H groups in total. The summed E-state index contributed by atoms with van der Waals surface area (Å²) in [7, 11) is 0. The molecule has 0 aliphatic carbocycles. The number of rotatable bonds is 11. The standard InChI is InChI=1S/C31H28ClN3O5S2/c1-3-16-40-23-10-7-9-20(17-23)26-25(27(36)19-12-14-22(15-13-19)39-4-2)28(37)29(38)35(26)30-33-34-31(42-30)41-18-21-8-5-6-11-24(21)32/h5-15,17,26,36H,3-4,16,18H2,1-2H3. The molecule has 1 amide bonds. The van der Waals surface area contributed by atoms with Crippen LogP contribution < -0.4 is 14.4 Å². The molecule has 5 rings (SSSR count). The first kappa shape index (κ1) is 29.6. The lowest BCUT2D eigenvalue weighted by molar-refractivity contribution is -0.132. The Hall–Kier alpha value is -3.86. The first-order valence-electron chi connectivity index (χ1n) is 13.4. The Morgan fingerprint density at radius 2 is 1.79 bits per heavy atom. The smallest absolute Gasteiger partial charge is 0.301 e. The number of aliphatic hydroxyl groups is 1. The van der Waals surface area contributed by atoms with E-state index in [-0.39, 0.29) is 16.5 Å². The molecule has 8 nitrogen and oxygen atoms in total. The maximum atomic E-state index is 13.6. The molecule has 1 fully saturated rings. The SMILES string of the molecule is CCCOc1cccc(C2C(=C(O)c3ccc(OCC)cc3)C(=O)C(=O)N2c2nnc(SCc3ccccc3Cl)s2)c1. The lowest BCUT2D eigenvalue weighted by Crippen LogP contribution is -2.29. The molecule has 0 radical (unpaired) electrons. The van der Waals surface area contributed by atoms with E-state index in [0.29, 0.717) is 51.0 Å². The minimum atomic E-state index is -0.948. The van der Waals surface area contributed by atoms with E-state index in [1.807, 2.05) is 44.2 Å². The second kappa shape index (κ2) is 13.4. The highest BCUT2D eigenvalue weighted by Crippen LogP contribution is 2.44. The summed E-state index contributed by atoms with van der Waals surface area (Å²) in [4.78, 5) is 28.4. The molecule has 2 heterocycles. The predicted octanol–water partition coefficient (Wildman–Crippen LogP) is 7.30. The van der Waals surface area contributed by atoms with Crippen LogP contribution in [-0.4, -0.2) is 40.2 Å². The van der Waals surface area contributed by atoms with E-state index in [1.165, 1.54) is 28.0 Å². The second-order valence-electron chi connectivity index (χ2n) is 9.28. The first-order valence-corrected chi connectivity index (χ1v) is 15.6. The third-order valence-corrected chi connectivity index (χ3v) is 8.91. The van der Waals surface area contributed by atoms with Gasteiger partial charge in [-0.05, 0) is 66.9 Å². The molecule has 1 unspecified atom stereocenters. The highest BCUT2D eigenvalue weighted by molar-refractivity contribution is 8.00. The minimum Gasteiger partial charge on any atom is -0.507 e. The molecular formula is C31H28ClN3O5S2. The minimum absolute atomic E-state index is 0.0442. The zero-order valence-electron chi connectivity index (χ0n) is 23.0. The molecule has 11 heteroatoms. The molecule has 42 heavy (non-hydrogen) atoms. The average Bonchev–Trinajstić information content (AvgIpc) is 3.57. The second-order valence-corrected chi connectivity index (χ2v) is 11.9. The summed E-state index contributed by atoms with van der Waals surface area (Å²) >= 11 is 8.93. The monoisotopic (exact) mass is 621 g/mol. The van der Waals surface area contributed by atoms with Crippen molar-refractivity contribution in [2.75, 3.05) is 18.1 Å². The molecule has 4 aromatic rings. The molecular weight excluding hydrogens is 594 g/mol. The molecule has 1 aliphatic rings. The van der Waals surface area contributed by atoms with Gasteiger partial charge in [-0.25, -0.2) is 0 Å². The summed E-state index contributed by atoms with van der Waals surface area (Å²) in [5, 5.41) is 20.9. The van der Waals surface area contributed by atoms with Crippen LogP contribution in [0, 0.1) is 0 Å². The number of carbonyl (C=O) groups is 2. The van der Waals surface area contributed by atoms with Crippen LogP contribution in [0.5, 0.6) is 11.5 Å². The molecule has 0 spiro atoms. The van der Waals surface area contributed by atoms with Crippen molar-refractivity contribution in [1.29, 1.82) is 0 Å². The summed E-state index contributed by atoms with van der Waals surface area (Å²) in [5.74, 6) is -0.123. The number of nitrogens with zero attached hydrogens (tertiary/aromatic N) is 3. The van der Waals surface area contributed by atoms with E-state index in [0.717, 1.165) is 12.0 Å². The van der Waals surface area contributed by atoms with Gasteiger partial charge in [0.1, 0.15) is 17.3 Å². The normalized spacial score (nSPS) is 16.2. The van der Waals surface area contributed by atoms with E-state index < -0.39 is 17.7 Å². The Morgan fingerprint density at radius 1 is 1.00 bits per heavy atom. The molecule has 1 atom stereocenters. The Labute approximate surface area is 257 Å². The quantitative estimate of drug-likeness (QED) is 0.0612. The summed E-state index contributed by atoms with van der Waals surface area (Å²) in [6.45, 7) is 4.89. The molecule has 1 aliphatic heterocycles. The third kappa shape index (κ3) is 6.30. The number of anilines is 1. The number of benzene rings is 3. The summed E-state index contributed by atoms with van der Waals surface area (Å²) in [5.41, 5.74) is 1.88. The average molecular weight is 622 g/mol. The lowest BCUT2D eigenvalue weighted by Gasteiger charge is -2.23. The Balaban J connectivity index is 1.54. The number of ether oxygens (including phenoxy) is 2. The van der Waals surface area contributed by atoms with Crippen molar-refractivity contribution in [2.45, 2.75) is 36.4 Å². The van der Waals surface area contributed by atoms with Crippen LogP contribution >= 0.6 is 34.7 Å². The van der Waals surface area contributed by atoms with Gasteiger partial charge in [0, 0.05) is 16.3 Å². The highest BCUT2D eigenvalue weighted by atomic mass is 35.5. The van der Waals surface area contributed by atoms with Gasteiger partial charge >= 0.3 is 5.91 Å². The predicted molar refractivity (Wildman–Crippen MR) is 166 cm³/mol. The fourth-order valence-electron chi connectivity index (χ4n) is 4.48. The van der Waals surface area contributed by atoms with E-state index in [1.54, 1.807) is 42.5 Å². The van der Waals surface area contributed by atoms with Crippen molar-refractivity contribution >= 4 is 57.3 Å². The summed E-state index contributed by atoms with van der Waals surface area (Å²) < 4.78 is 12.0. The Kier molecular flexibility index (Phi) is 9.46. The number of aromatic nitrogens is 2. The van der Waals surface area contributed by atoms with Gasteiger partial charge in [0.25, 0.3) is 5.78 Å². The fraction of sp³-hybridized carbons (Fsp3) is 0.226. The number of carbonyl (C=O) groups excluding carboxylic acids is 2. The molecule has 1 saturated heterocycles. The van der Waals surface area contributed by atoms with Gasteiger partial charge in [-0.2, -0.15) is 0 Å². The van der Waals surface area contributed by atoms with Gasteiger partial charge in [0.05, 0.1) is 24.8 Å². The number of halogens is 1. The van der Waals surface area contributed by atoms with E-state index >= 15 is 0 Å². The number of aliphatic hydroxyl groups excluding tert-OH is 1. The number of Topliss-reactive ketones (excluding diaryl/α,β-unsaturated/α-hetero) is 1. The van der Waals surface area contributed by atoms with Crippen LogP contribution in [-0.2, 0) is 15.3 Å². The lowest BCUT2D eigenvalue weighted by atomic mass is 9.95. The molecule has 0 bridgehead atoms. The summed E-state index contributed by atoms with van der Waals surface area (Å²) in [6.07, 6.45) is 0.819. The van der Waals surface area contributed by atoms with Crippen molar-refractivity contribution in [3.8, 4) is 11.5 Å². The summed E-state index contributed by atoms with van der Waals surface area (Å²) in [6, 6.07) is 20.5. The van der Waals surface area contributed by atoms with Gasteiger partial charge < -0.3 is 14.6 Å². The van der Waals surface area contributed by atoms with Gasteiger partial charge in [-0.1, -0.05) is 72.0 Å². The van der Waals surface area contributed by atoms with Crippen LogP contribution in [0.3, 0.4) is 0 Å². The fourth-order valence-corrected chi connectivity index (χ4v) is 6.64. The van der Waals surface area contributed by atoms with Crippen LogP contribution in [0.1, 0.15) is 43.0 Å². The third-order valence-electron chi connectivity index (χ3n) is 6.44. The van der Waals surface area contributed by atoms with E-state index in [4.69, 9.17) is 21.1 Å². The number of hydrogen-bond donors (Lipinski definition) is 1. The zero-order valence-corrected chi connectivity index (χ0v) is 25.3. The van der Waals surface area contributed by atoms with Gasteiger partial charge in [-0.3, -0.25) is 14.5 Å². The zero-order chi connectivity index (χ0) is 29.6. The van der Waals surface area contributed by atoms with Crippen molar-refractivity contribution in [3.05, 3.63) is 100 Å². The number of amides is 1. The Morgan fingerprint density at radius 3 is 2.52 bits per heavy atom. The maximum Gasteiger partial charge on any atom is 0.301 e. The molecule has 3 aromatic carbocycles. The van der Waals surface area contributed by atoms with Crippen molar-refractivity contribution in [2.24, 2.45) is 0 Å². The number of hydrogen-bond acceptors (Lipinski definition) is 9. The number of ketones is 1. The molecule has 1 aromatic heterocycles. The van der Waals surface area contributed by atoms with Gasteiger partial charge in [-0.15, -0.1) is 10.2 Å². The van der Waals surface area contributed by atoms with Crippen molar-refractivity contribution in [3.63, 3.8) is 0 Å². The van der Waals surface area contributed by atoms with Crippen LogP contribution in [0.2, 0.25) is 5.02 Å². The topological polar surface area (TPSA) is 102 Å². The molecule has 216 valence electrons. The van der Waals surface area contributed by atoms with Crippen molar-refractivity contribution in [1.82, 2.24) is 10.2 Å². The van der Waals surface area contributed by atoms with Crippen LogP contribution in [0.25, 0.3) is 5.76 Å². The highest BCUT2D eigenvalue weighted by Gasteiger charge is 2.48. The van der Waals surface area contributed by atoms with Crippen molar-refractivity contribution < 1.29 is 24.2 Å². The maximum absolute atomic E-state index is 13.6. The van der Waals surface area contributed by atoms with E-state index in [9.17, 15) is 14.7 Å². The van der Waals surface area contributed by atoms with Gasteiger partial charge in [0.2, 0.25) is 5.13 Å². The van der Waals surface area contributed by atoms with Crippen LogP contribution in [0.4, 0.5) is 5.13 Å². The van der Waals surface area contributed by atoms with Crippen LogP contribution in [0.15, 0.2) is 82.7 Å².